The first-order valence-corrected chi connectivity index (χ1v) is 8.37. The fourth-order valence-electron chi connectivity index (χ4n) is 3.07. The average molecular weight is 298 g/mol. The number of nitrogens with zero attached hydrogens (tertiary/aromatic N) is 3. The van der Waals surface area contributed by atoms with E-state index in [-0.39, 0.29) is 0 Å². The Kier molecular flexibility index (Phi) is 4.99. The largest absolute Gasteiger partial charge is 0.370 e. The molecule has 1 aromatic rings. The molecule has 0 aromatic heterocycles. The third-order valence-corrected chi connectivity index (χ3v) is 4.47. The highest BCUT2D eigenvalue weighted by atomic mass is 15.2. The molecule has 22 heavy (non-hydrogen) atoms. The lowest BCUT2D eigenvalue weighted by Gasteiger charge is -2.21. The minimum Gasteiger partial charge on any atom is -0.370 e. The van der Waals surface area contributed by atoms with E-state index in [9.17, 15) is 0 Å². The number of rotatable bonds is 3. The van der Waals surface area contributed by atoms with Crippen LogP contribution in [0.2, 0.25) is 0 Å². The molecule has 3 rings (SSSR count). The van der Waals surface area contributed by atoms with Crippen molar-refractivity contribution in [3.8, 4) is 0 Å². The van der Waals surface area contributed by atoms with E-state index in [4.69, 9.17) is 5.73 Å². The van der Waals surface area contributed by atoms with E-state index >= 15 is 0 Å². The molecule has 0 atom stereocenters. The molecular formula is C18H26N4. The number of benzene rings is 1. The fourth-order valence-corrected chi connectivity index (χ4v) is 3.07. The maximum Gasteiger partial charge on any atom is 0.191 e. The third kappa shape index (κ3) is 3.81. The van der Waals surface area contributed by atoms with E-state index in [1.165, 1.54) is 36.9 Å². The number of nitrogens with two attached hydrogens (primary N) is 1. The minimum absolute atomic E-state index is 0.668. The van der Waals surface area contributed by atoms with Gasteiger partial charge in [-0.2, -0.15) is 0 Å². The zero-order chi connectivity index (χ0) is 15.2. The molecule has 1 fully saturated rings. The summed E-state index contributed by atoms with van der Waals surface area (Å²) in [6.45, 7) is 4.80. The second kappa shape index (κ2) is 7.34. The summed E-state index contributed by atoms with van der Waals surface area (Å²) in [5, 5.41) is 0. The summed E-state index contributed by atoms with van der Waals surface area (Å²) >= 11 is 0. The molecule has 1 saturated heterocycles. The second-order valence-electron chi connectivity index (χ2n) is 6.12. The van der Waals surface area contributed by atoms with Crippen LogP contribution >= 0.6 is 0 Å². The van der Waals surface area contributed by atoms with E-state index in [0.717, 1.165) is 26.2 Å². The van der Waals surface area contributed by atoms with Crippen molar-refractivity contribution in [1.82, 2.24) is 4.90 Å². The second-order valence-corrected chi connectivity index (χ2v) is 6.12. The van der Waals surface area contributed by atoms with Gasteiger partial charge in [-0.25, -0.2) is 4.99 Å². The van der Waals surface area contributed by atoms with Gasteiger partial charge in [-0.1, -0.05) is 37.1 Å². The number of hydrogen-bond acceptors (Lipinski definition) is 2. The van der Waals surface area contributed by atoms with Crippen LogP contribution in [0.5, 0.6) is 0 Å². The zero-order valence-electron chi connectivity index (χ0n) is 13.2. The van der Waals surface area contributed by atoms with Crippen LogP contribution in [-0.4, -0.2) is 37.0 Å². The van der Waals surface area contributed by atoms with Crippen LogP contribution in [0.3, 0.4) is 0 Å². The lowest BCUT2D eigenvalue weighted by molar-refractivity contribution is 0.428. The molecule has 2 heterocycles. The van der Waals surface area contributed by atoms with Gasteiger partial charge in [-0.05, 0) is 30.5 Å². The van der Waals surface area contributed by atoms with E-state index in [1.54, 1.807) is 0 Å². The van der Waals surface area contributed by atoms with Crippen LogP contribution in [0.4, 0.5) is 5.69 Å². The lowest BCUT2D eigenvalue weighted by Crippen LogP contribution is -2.38. The number of guanidine groups is 1. The molecule has 1 aromatic carbocycles. The van der Waals surface area contributed by atoms with Gasteiger partial charge in [0, 0.05) is 31.9 Å². The first-order chi connectivity index (χ1) is 10.8. The Labute approximate surface area is 133 Å². The molecule has 2 aliphatic rings. The molecule has 2 aliphatic heterocycles. The quantitative estimate of drug-likeness (QED) is 0.530. The van der Waals surface area contributed by atoms with E-state index < -0.39 is 0 Å². The summed E-state index contributed by atoms with van der Waals surface area (Å²) in [6.07, 6.45) is 9.51. The Hall–Kier alpha value is -1.97. The minimum atomic E-state index is 0.668. The summed E-state index contributed by atoms with van der Waals surface area (Å²) in [4.78, 5) is 9.16. The summed E-state index contributed by atoms with van der Waals surface area (Å²) in [5.41, 5.74) is 8.65. The number of likely N-dealkylation sites (tertiary alicyclic amines) is 1. The van der Waals surface area contributed by atoms with Crippen molar-refractivity contribution in [2.24, 2.45) is 10.7 Å². The van der Waals surface area contributed by atoms with E-state index in [2.05, 4.69) is 51.2 Å². The van der Waals surface area contributed by atoms with E-state index in [0.29, 0.717) is 12.5 Å². The SMILES string of the molecule is NC(=NCc1ccc(N2CC=CC2)cc1)N1CCCCCC1. The molecule has 0 radical (unpaired) electrons. The standard InChI is InChI=1S/C18H26N4/c19-18(22-13-3-1-2-4-14-22)20-15-16-7-9-17(10-8-16)21-11-5-6-12-21/h5-10H,1-4,11-15H2,(H2,19,20). The predicted octanol–water partition coefficient (Wildman–Crippen LogP) is 2.75. The maximum absolute atomic E-state index is 6.15. The summed E-state index contributed by atoms with van der Waals surface area (Å²) < 4.78 is 0. The van der Waals surface area contributed by atoms with Gasteiger partial charge >= 0.3 is 0 Å². The Bertz CT molecular complexity index is 517. The maximum atomic E-state index is 6.15. The topological polar surface area (TPSA) is 44.9 Å². The highest BCUT2D eigenvalue weighted by Gasteiger charge is 2.11. The smallest absolute Gasteiger partial charge is 0.191 e. The van der Waals surface area contributed by atoms with Crippen LogP contribution in [0.25, 0.3) is 0 Å². The highest BCUT2D eigenvalue weighted by molar-refractivity contribution is 5.78. The lowest BCUT2D eigenvalue weighted by atomic mass is 10.2. The van der Waals surface area contributed by atoms with Gasteiger partial charge in [0.25, 0.3) is 0 Å². The Morgan fingerprint density at radius 2 is 1.59 bits per heavy atom. The molecule has 0 spiro atoms. The summed E-state index contributed by atoms with van der Waals surface area (Å²) in [5.74, 6) is 0.703. The average Bonchev–Trinajstić information content (AvgIpc) is 2.95. The molecule has 4 nitrogen and oxygen atoms in total. The van der Waals surface area contributed by atoms with Gasteiger partial charge in [-0.15, -0.1) is 0 Å². The molecule has 0 saturated carbocycles. The molecule has 4 heteroatoms. The molecule has 0 amide bonds. The fraction of sp³-hybridized carbons (Fsp3) is 0.500. The van der Waals surface area contributed by atoms with Crippen LogP contribution in [-0.2, 0) is 6.54 Å². The van der Waals surface area contributed by atoms with Crippen LogP contribution in [0.1, 0.15) is 31.2 Å². The van der Waals surface area contributed by atoms with Crippen molar-refractivity contribution in [2.45, 2.75) is 32.2 Å². The molecule has 2 N–H and O–H groups in total. The molecule has 0 unspecified atom stereocenters. The highest BCUT2D eigenvalue weighted by Crippen LogP contribution is 2.18. The molecule has 0 bridgehead atoms. The number of hydrogen-bond donors (Lipinski definition) is 1. The zero-order valence-corrected chi connectivity index (χ0v) is 13.2. The van der Waals surface area contributed by atoms with Crippen molar-refractivity contribution in [1.29, 1.82) is 0 Å². The van der Waals surface area contributed by atoms with Crippen LogP contribution in [0, 0.1) is 0 Å². The van der Waals surface area contributed by atoms with Crippen LogP contribution < -0.4 is 10.6 Å². The molecule has 118 valence electrons. The van der Waals surface area contributed by atoms with Gasteiger partial charge < -0.3 is 15.5 Å². The first-order valence-electron chi connectivity index (χ1n) is 8.37. The van der Waals surface area contributed by atoms with Crippen molar-refractivity contribution in [3.63, 3.8) is 0 Å². The first kappa shape index (κ1) is 14.9. The number of aliphatic imine (C=N–C) groups is 1. The Balaban J connectivity index is 1.56. The Morgan fingerprint density at radius 3 is 2.23 bits per heavy atom. The Morgan fingerprint density at radius 1 is 0.955 bits per heavy atom. The van der Waals surface area contributed by atoms with E-state index in [1.807, 2.05) is 0 Å². The normalized spacial score (nSPS) is 19.5. The third-order valence-electron chi connectivity index (χ3n) is 4.47. The van der Waals surface area contributed by atoms with Crippen molar-refractivity contribution in [2.75, 3.05) is 31.1 Å². The van der Waals surface area contributed by atoms with Gasteiger partial charge in [0.05, 0.1) is 6.54 Å². The van der Waals surface area contributed by atoms with Gasteiger partial charge in [0.1, 0.15) is 0 Å². The molecule has 0 aliphatic carbocycles. The van der Waals surface area contributed by atoms with Crippen molar-refractivity contribution in [3.05, 3.63) is 42.0 Å². The van der Waals surface area contributed by atoms with Gasteiger partial charge in [0.15, 0.2) is 5.96 Å². The summed E-state index contributed by atoms with van der Waals surface area (Å²) in [6, 6.07) is 8.68. The van der Waals surface area contributed by atoms with Gasteiger partial charge in [0.2, 0.25) is 0 Å². The monoisotopic (exact) mass is 298 g/mol. The van der Waals surface area contributed by atoms with Crippen LogP contribution in [0.15, 0.2) is 41.4 Å². The predicted molar refractivity (Wildman–Crippen MR) is 93.2 cm³/mol. The number of anilines is 1. The van der Waals surface area contributed by atoms with Crippen molar-refractivity contribution < 1.29 is 0 Å². The van der Waals surface area contributed by atoms with Crippen molar-refractivity contribution >= 4 is 11.6 Å². The summed E-state index contributed by atoms with van der Waals surface area (Å²) in [7, 11) is 0. The molecular weight excluding hydrogens is 272 g/mol. The van der Waals surface area contributed by atoms with Gasteiger partial charge in [-0.3, -0.25) is 0 Å².